The summed E-state index contributed by atoms with van der Waals surface area (Å²) in [6.45, 7) is 10.3. The van der Waals surface area contributed by atoms with E-state index in [1.807, 2.05) is 53.2 Å². The number of rotatable bonds is 9. The topological polar surface area (TPSA) is 94.0 Å². The summed E-state index contributed by atoms with van der Waals surface area (Å²) < 4.78 is 7.88. The van der Waals surface area contributed by atoms with E-state index in [4.69, 9.17) is 14.7 Å². The van der Waals surface area contributed by atoms with E-state index >= 15 is 0 Å². The molecule has 0 aliphatic carbocycles. The Bertz CT molecular complexity index is 1370. The van der Waals surface area contributed by atoms with Gasteiger partial charge in [-0.05, 0) is 18.1 Å². The maximum atomic E-state index is 13.5. The van der Waals surface area contributed by atoms with Crippen molar-refractivity contribution in [3.63, 3.8) is 0 Å². The van der Waals surface area contributed by atoms with Gasteiger partial charge in [0.1, 0.15) is 17.3 Å². The van der Waals surface area contributed by atoms with Crippen LogP contribution in [0.25, 0.3) is 11.0 Å². The summed E-state index contributed by atoms with van der Waals surface area (Å²) in [4.78, 5) is 23.0. The Labute approximate surface area is 221 Å². The third-order valence-electron chi connectivity index (χ3n) is 6.06. The number of carbonyl (C=O) groups is 1. The second kappa shape index (κ2) is 10.8. The maximum absolute atomic E-state index is 13.5. The molecule has 0 spiro atoms. The average molecular weight is 517 g/mol. The van der Waals surface area contributed by atoms with Gasteiger partial charge >= 0.3 is 0 Å². The van der Waals surface area contributed by atoms with Crippen molar-refractivity contribution in [2.45, 2.75) is 50.6 Å². The number of hydrogen-bond acceptors (Lipinski definition) is 7. The zero-order valence-electron chi connectivity index (χ0n) is 21.6. The second-order valence-electron chi connectivity index (χ2n) is 9.80. The molecule has 4 aromatic rings. The maximum Gasteiger partial charge on any atom is 0.232 e. The van der Waals surface area contributed by atoms with Crippen LogP contribution in [0.3, 0.4) is 0 Å². The number of hydrogen-bond donors (Lipinski definition) is 2. The summed E-state index contributed by atoms with van der Waals surface area (Å²) in [6, 6.07) is 15.4. The molecule has 1 amide bonds. The standard InChI is InChI=1S/C28H32N6O2S/c1-17(2)15-30-25-21-16-31-34(26(21)33-28(32-25)37-18(3)4)14-13-29-27(35)24-19-9-5-7-11-22(19)36-23-12-8-6-10-20(23)24/h5-12,16-18,24H,13-15H2,1-4H3,(H,29,35)(H,30,32,33). The van der Waals surface area contributed by atoms with Crippen molar-refractivity contribution in [1.82, 2.24) is 25.1 Å². The molecule has 192 valence electrons. The van der Waals surface area contributed by atoms with Crippen LogP contribution in [0.15, 0.2) is 59.9 Å². The molecule has 0 saturated heterocycles. The number of anilines is 1. The van der Waals surface area contributed by atoms with Gasteiger partial charge in [0, 0.05) is 29.5 Å². The quantitative estimate of drug-likeness (QED) is 0.226. The van der Waals surface area contributed by atoms with Crippen LogP contribution in [0.4, 0.5) is 5.82 Å². The first-order valence-corrected chi connectivity index (χ1v) is 13.6. The number of nitrogens with one attached hydrogen (secondary N) is 2. The van der Waals surface area contributed by atoms with E-state index in [1.165, 1.54) is 0 Å². The SMILES string of the molecule is CC(C)CNc1nc(SC(C)C)nc2c1cnn2CCNC(=O)C1c2ccccc2Oc2ccccc21. The molecule has 0 radical (unpaired) electrons. The highest BCUT2D eigenvalue weighted by Crippen LogP contribution is 2.43. The molecule has 9 heteroatoms. The van der Waals surface area contributed by atoms with Crippen molar-refractivity contribution in [3.05, 3.63) is 65.9 Å². The number of thioether (sulfide) groups is 1. The molecule has 5 rings (SSSR count). The van der Waals surface area contributed by atoms with Gasteiger partial charge < -0.3 is 15.4 Å². The number of carbonyl (C=O) groups excluding carboxylic acids is 1. The largest absolute Gasteiger partial charge is 0.457 e. The normalized spacial score (nSPS) is 12.9. The number of fused-ring (bicyclic) bond motifs is 3. The van der Waals surface area contributed by atoms with E-state index in [2.05, 4.69) is 43.4 Å². The van der Waals surface area contributed by atoms with Gasteiger partial charge in [-0.15, -0.1) is 0 Å². The molecule has 1 aliphatic heterocycles. The molecule has 1 aliphatic rings. The first-order chi connectivity index (χ1) is 17.9. The fourth-order valence-electron chi connectivity index (χ4n) is 4.38. The Morgan fingerprint density at radius 2 is 1.70 bits per heavy atom. The van der Waals surface area contributed by atoms with Crippen LogP contribution < -0.4 is 15.4 Å². The molecular formula is C28H32N6O2S. The highest BCUT2D eigenvalue weighted by atomic mass is 32.2. The highest BCUT2D eigenvalue weighted by Gasteiger charge is 2.32. The monoisotopic (exact) mass is 516 g/mol. The van der Waals surface area contributed by atoms with Crippen molar-refractivity contribution in [2.24, 2.45) is 5.92 Å². The summed E-state index contributed by atoms with van der Waals surface area (Å²) in [7, 11) is 0. The third-order valence-corrected chi connectivity index (χ3v) is 6.92. The van der Waals surface area contributed by atoms with Crippen LogP contribution in [-0.2, 0) is 11.3 Å². The highest BCUT2D eigenvalue weighted by molar-refractivity contribution is 7.99. The number of ether oxygens (including phenoxy) is 1. The lowest BCUT2D eigenvalue weighted by Crippen LogP contribution is -2.33. The molecule has 37 heavy (non-hydrogen) atoms. The van der Waals surface area contributed by atoms with Crippen LogP contribution in [-0.4, -0.2) is 44.0 Å². The van der Waals surface area contributed by atoms with Crippen LogP contribution in [0.5, 0.6) is 11.5 Å². The number of benzene rings is 2. The first-order valence-electron chi connectivity index (χ1n) is 12.7. The molecule has 0 atom stereocenters. The second-order valence-corrected chi connectivity index (χ2v) is 11.3. The fraction of sp³-hybridized carbons (Fsp3) is 0.357. The minimum absolute atomic E-state index is 0.0652. The predicted octanol–water partition coefficient (Wildman–Crippen LogP) is 5.45. The van der Waals surface area contributed by atoms with Gasteiger partial charge in [0.25, 0.3) is 0 Å². The zero-order chi connectivity index (χ0) is 25.9. The summed E-state index contributed by atoms with van der Waals surface area (Å²) in [5.41, 5.74) is 2.50. The Morgan fingerprint density at radius 3 is 2.35 bits per heavy atom. The summed E-state index contributed by atoms with van der Waals surface area (Å²) in [5, 5.41) is 13.1. The smallest absolute Gasteiger partial charge is 0.232 e. The van der Waals surface area contributed by atoms with E-state index < -0.39 is 5.92 Å². The van der Waals surface area contributed by atoms with Crippen molar-refractivity contribution in [1.29, 1.82) is 0 Å². The van der Waals surface area contributed by atoms with Crippen molar-refractivity contribution < 1.29 is 9.53 Å². The first kappa shape index (κ1) is 25.1. The molecule has 8 nitrogen and oxygen atoms in total. The molecule has 2 aromatic heterocycles. The van der Waals surface area contributed by atoms with Gasteiger partial charge in [0.05, 0.1) is 24.0 Å². The molecule has 0 bridgehead atoms. The number of para-hydroxylation sites is 2. The van der Waals surface area contributed by atoms with E-state index in [9.17, 15) is 4.79 Å². The lowest BCUT2D eigenvalue weighted by molar-refractivity contribution is -0.121. The van der Waals surface area contributed by atoms with Crippen LogP contribution >= 0.6 is 11.8 Å². The molecular weight excluding hydrogens is 484 g/mol. The Balaban J connectivity index is 1.35. The van der Waals surface area contributed by atoms with Crippen molar-refractivity contribution in [3.8, 4) is 11.5 Å². The van der Waals surface area contributed by atoms with Crippen LogP contribution in [0.2, 0.25) is 0 Å². The molecule has 3 heterocycles. The van der Waals surface area contributed by atoms with Gasteiger partial charge in [0.15, 0.2) is 10.8 Å². The summed E-state index contributed by atoms with van der Waals surface area (Å²) >= 11 is 1.62. The van der Waals surface area contributed by atoms with Gasteiger partial charge in [-0.3, -0.25) is 4.79 Å². The van der Waals surface area contributed by atoms with E-state index in [0.29, 0.717) is 35.8 Å². The third kappa shape index (κ3) is 5.41. The zero-order valence-corrected chi connectivity index (χ0v) is 22.4. The lowest BCUT2D eigenvalue weighted by Gasteiger charge is -2.27. The van der Waals surface area contributed by atoms with E-state index in [1.54, 1.807) is 18.0 Å². The molecule has 0 fully saturated rings. The number of nitrogens with zero attached hydrogens (tertiary/aromatic N) is 4. The van der Waals surface area contributed by atoms with Crippen LogP contribution in [0.1, 0.15) is 44.7 Å². The molecule has 2 aromatic carbocycles. The summed E-state index contributed by atoms with van der Waals surface area (Å²) in [5.74, 6) is 2.22. The van der Waals surface area contributed by atoms with Gasteiger partial charge in [-0.2, -0.15) is 5.10 Å². The average Bonchev–Trinajstić information content (AvgIpc) is 3.28. The van der Waals surface area contributed by atoms with Crippen molar-refractivity contribution in [2.75, 3.05) is 18.4 Å². The summed E-state index contributed by atoms with van der Waals surface area (Å²) in [6.07, 6.45) is 1.80. The molecule has 0 unspecified atom stereocenters. The van der Waals surface area contributed by atoms with E-state index in [0.717, 1.165) is 39.7 Å². The van der Waals surface area contributed by atoms with E-state index in [-0.39, 0.29) is 5.91 Å². The lowest BCUT2D eigenvalue weighted by atomic mass is 9.87. The number of amides is 1. The molecule has 2 N–H and O–H groups in total. The number of aromatic nitrogens is 4. The van der Waals surface area contributed by atoms with Gasteiger partial charge in [0.2, 0.25) is 5.91 Å². The fourth-order valence-corrected chi connectivity index (χ4v) is 5.08. The minimum atomic E-state index is -0.432. The Hall–Kier alpha value is -3.59. The van der Waals surface area contributed by atoms with Crippen LogP contribution in [0, 0.1) is 5.92 Å². The molecule has 0 saturated carbocycles. The van der Waals surface area contributed by atoms with Crippen molar-refractivity contribution >= 4 is 34.5 Å². The predicted molar refractivity (Wildman–Crippen MR) is 147 cm³/mol. The Morgan fingerprint density at radius 1 is 1.03 bits per heavy atom. The van der Waals surface area contributed by atoms with Gasteiger partial charge in [-0.25, -0.2) is 14.6 Å². The minimum Gasteiger partial charge on any atom is -0.457 e. The van der Waals surface area contributed by atoms with Gasteiger partial charge in [-0.1, -0.05) is 75.9 Å². The Kier molecular flexibility index (Phi) is 7.32.